The van der Waals surface area contributed by atoms with Crippen molar-refractivity contribution in [1.82, 2.24) is 4.90 Å². The van der Waals surface area contributed by atoms with Crippen molar-refractivity contribution < 1.29 is 14.7 Å². The molecule has 0 radical (unpaired) electrons. The maximum absolute atomic E-state index is 11.5. The predicted octanol–water partition coefficient (Wildman–Crippen LogP) is 0.372. The topological polar surface area (TPSA) is 57.6 Å². The van der Waals surface area contributed by atoms with Crippen LogP contribution in [0.4, 0.5) is 0 Å². The maximum Gasteiger partial charge on any atom is 0.304 e. The number of ketones is 1. The SMILES string of the molecule is O=C(O)CCN1CC2CCC(C1)C2=O. The number of piperidine rings is 1. The second kappa shape index (κ2) is 3.69. The molecule has 2 unspecified atom stereocenters. The molecule has 0 spiro atoms. The molecule has 2 aliphatic rings. The van der Waals surface area contributed by atoms with E-state index in [1.807, 2.05) is 0 Å². The fourth-order valence-electron chi connectivity index (χ4n) is 2.52. The normalized spacial score (nSPS) is 32.1. The van der Waals surface area contributed by atoms with E-state index in [4.69, 9.17) is 5.11 Å². The van der Waals surface area contributed by atoms with Gasteiger partial charge in [0, 0.05) is 31.5 Å². The third-order valence-electron chi connectivity index (χ3n) is 3.27. The number of nitrogens with zero attached hydrogens (tertiary/aromatic N) is 1. The molecular weight excluding hydrogens is 182 g/mol. The van der Waals surface area contributed by atoms with Crippen LogP contribution in [-0.2, 0) is 9.59 Å². The van der Waals surface area contributed by atoms with E-state index in [-0.39, 0.29) is 18.3 Å². The van der Waals surface area contributed by atoms with Gasteiger partial charge in [0.2, 0.25) is 0 Å². The third kappa shape index (κ3) is 1.80. The Labute approximate surface area is 82.9 Å². The number of likely N-dealkylation sites (tertiary alicyclic amines) is 1. The highest BCUT2D eigenvalue weighted by Crippen LogP contribution is 2.33. The van der Waals surface area contributed by atoms with Gasteiger partial charge in [0.25, 0.3) is 0 Å². The molecule has 14 heavy (non-hydrogen) atoms. The molecule has 0 aromatic heterocycles. The van der Waals surface area contributed by atoms with Crippen LogP contribution in [-0.4, -0.2) is 41.4 Å². The van der Waals surface area contributed by atoms with Gasteiger partial charge in [-0.2, -0.15) is 0 Å². The van der Waals surface area contributed by atoms with Gasteiger partial charge in [-0.3, -0.25) is 9.59 Å². The number of carboxylic acid groups (broad SMARTS) is 1. The zero-order valence-corrected chi connectivity index (χ0v) is 8.11. The Kier molecular flexibility index (Phi) is 2.54. The molecule has 0 amide bonds. The number of Topliss-reactive ketones (excluding diaryl/α,β-unsaturated/α-hetero) is 1. The first-order valence-corrected chi connectivity index (χ1v) is 5.14. The molecule has 1 heterocycles. The van der Waals surface area contributed by atoms with Gasteiger partial charge in [0.1, 0.15) is 5.78 Å². The predicted molar refractivity (Wildman–Crippen MR) is 49.9 cm³/mol. The standard InChI is InChI=1S/C10H15NO3/c12-9(13)3-4-11-5-7-1-2-8(6-11)10(7)14/h7-8H,1-6H2,(H,12,13). The van der Waals surface area contributed by atoms with E-state index in [1.165, 1.54) is 0 Å². The van der Waals surface area contributed by atoms with Crippen LogP contribution >= 0.6 is 0 Å². The summed E-state index contributed by atoms with van der Waals surface area (Å²) in [5, 5.41) is 8.55. The van der Waals surface area contributed by atoms with Gasteiger partial charge < -0.3 is 10.0 Å². The molecule has 78 valence electrons. The Morgan fingerprint density at radius 3 is 2.43 bits per heavy atom. The number of carbonyl (C=O) groups is 2. The second-order valence-corrected chi connectivity index (χ2v) is 4.28. The zero-order valence-electron chi connectivity index (χ0n) is 8.11. The minimum atomic E-state index is -0.755. The number of carboxylic acids is 1. The molecule has 4 heteroatoms. The van der Waals surface area contributed by atoms with Gasteiger partial charge in [0.15, 0.2) is 0 Å². The Balaban J connectivity index is 1.87. The van der Waals surface area contributed by atoms with Crippen molar-refractivity contribution in [2.24, 2.45) is 11.8 Å². The third-order valence-corrected chi connectivity index (χ3v) is 3.27. The first-order chi connectivity index (χ1) is 6.66. The molecule has 2 atom stereocenters. The maximum atomic E-state index is 11.5. The van der Waals surface area contributed by atoms with Crippen molar-refractivity contribution in [1.29, 1.82) is 0 Å². The van der Waals surface area contributed by atoms with Crippen molar-refractivity contribution >= 4 is 11.8 Å². The molecule has 1 aliphatic heterocycles. The van der Waals surface area contributed by atoms with Crippen LogP contribution in [0.2, 0.25) is 0 Å². The number of aliphatic carboxylic acids is 1. The lowest BCUT2D eigenvalue weighted by Crippen LogP contribution is -2.42. The first kappa shape index (κ1) is 9.65. The van der Waals surface area contributed by atoms with Gasteiger partial charge in [-0.25, -0.2) is 0 Å². The summed E-state index contributed by atoms with van der Waals surface area (Å²) < 4.78 is 0. The summed E-state index contributed by atoms with van der Waals surface area (Å²) in [7, 11) is 0. The van der Waals surface area contributed by atoms with E-state index in [0.717, 1.165) is 25.9 Å². The molecule has 2 bridgehead atoms. The van der Waals surface area contributed by atoms with E-state index >= 15 is 0 Å². The van der Waals surface area contributed by atoms with Crippen LogP contribution in [0, 0.1) is 11.8 Å². The summed E-state index contributed by atoms with van der Waals surface area (Å²) in [6, 6.07) is 0. The number of fused-ring (bicyclic) bond motifs is 2. The Bertz CT molecular complexity index is 248. The fraction of sp³-hybridized carbons (Fsp3) is 0.800. The Morgan fingerprint density at radius 1 is 1.36 bits per heavy atom. The molecule has 1 saturated heterocycles. The lowest BCUT2D eigenvalue weighted by atomic mass is 9.97. The van der Waals surface area contributed by atoms with Crippen LogP contribution in [0.3, 0.4) is 0 Å². The number of rotatable bonds is 3. The molecule has 1 N–H and O–H groups in total. The highest BCUT2D eigenvalue weighted by atomic mass is 16.4. The summed E-state index contributed by atoms with van der Waals surface area (Å²) in [6.45, 7) is 2.15. The van der Waals surface area contributed by atoms with Gasteiger partial charge in [-0.15, -0.1) is 0 Å². The highest BCUT2D eigenvalue weighted by Gasteiger charge is 2.40. The van der Waals surface area contributed by atoms with E-state index in [0.29, 0.717) is 12.3 Å². The molecule has 0 aromatic carbocycles. The smallest absolute Gasteiger partial charge is 0.304 e. The lowest BCUT2D eigenvalue weighted by molar-refractivity contribution is -0.137. The van der Waals surface area contributed by atoms with Gasteiger partial charge in [0.05, 0.1) is 6.42 Å². The molecular formula is C10H15NO3. The molecule has 2 fully saturated rings. The second-order valence-electron chi connectivity index (χ2n) is 4.28. The average molecular weight is 197 g/mol. The monoisotopic (exact) mass is 197 g/mol. The molecule has 2 rings (SSSR count). The van der Waals surface area contributed by atoms with Crippen LogP contribution in [0.5, 0.6) is 0 Å². The van der Waals surface area contributed by atoms with Crippen LogP contribution in [0.1, 0.15) is 19.3 Å². The van der Waals surface area contributed by atoms with Crippen LogP contribution < -0.4 is 0 Å². The van der Waals surface area contributed by atoms with E-state index in [2.05, 4.69) is 4.90 Å². The van der Waals surface area contributed by atoms with Crippen molar-refractivity contribution in [2.45, 2.75) is 19.3 Å². The van der Waals surface area contributed by atoms with Crippen molar-refractivity contribution in [2.75, 3.05) is 19.6 Å². The Hall–Kier alpha value is -0.900. The zero-order chi connectivity index (χ0) is 10.1. The Morgan fingerprint density at radius 2 is 1.93 bits per heavy atom. The number of carbonyl (C=O) groups excluding carboxylic acids is 1. The van der Waals surface area contributed by atoms with Crippen LogP contribution in [0.25, 0.3) is 0 Å². The lowest BCUT2D eigenvalue weighted by Gasteiger charge is -2.30. The quantitative estimate of drug-likeness (QED) is 0.710. The molecule has 1 saturated carbocycles. The van der Waals surface area contributed by atoms with E-state index < -0.39 is 5.97 Å². The van der Waals surface area contributed by atoms with Crippen molar-refractivity contribution in [3.8, 4) is 0 Å². The number of hydrogen-bond acceptors (Lipinski definition) is 3. The van der Waals surface area contributed by atoms with Gasteiger partial charge in [-0.05, 0) is 12.8 Å². The highest BCUT2D eigenvalue weighted by molar-refractivity contribution is 5.86. The minimum Gasteiger partial charge on any atom is -0.481 e. The summed E-state index contributed by atoms with van der Waals surface area (Å²) in [6.07, 6.45) is 2.20. The van der Waals surface area contributed by atoms with E-state index in [9.17, 15) is 9.59 Å². The summed E-state index contributed by atoms with van der Waals surface area (Å²) in [4.78, 5) is 24.0. The fourth-order valence-corrected chi connectivity index (χ4v) is 2.52. The number of hydrogen-bond donors (Lipinski definition) is 1. The summed E-state index contributed by atoms with van der Waals surface area (Å²) in [5.41, 5.74) is 0. The van der Waals surface area contributed by atoms with Gasteiger partial charge in [-0.1, -0.05) is 0 Å². The largest absolute Gasteiger partial charge is 0.481 e. The summed E-state index contributed by atoms with van der Waals surface area (Å²) >= 11 is 0. The minimum absolute atomic E-state index is 0.188. The molecule has 4 nitrogen and oxygen atoms in total. The first-order valence-electron chi connectivity index (χ1n) is 5.14. The molecule has 1 aliphatic carbocycles. The van der Waals surface area contributed by atoms with Crippen molar-refractivity contribution in [3.05, 3.63) is 0 Å². The average Bonchev–Trinajstić information content (AvgIpc) is 2.41. The van der Waals surface area contributed by atoms with E-state index in [1.54, 1.807) is 0 Å². The van der Waals surface area contributed by atoms with Gasteiger partial charge >= 0.3 is 5.97 Å². The summed E-state index contributed by atoms with van der Waals surface area (Å²) in [5.74, 6) is 0.0518. The molecule has 0 aromatic rings. The van der Waals surface area contributed by atoms with Crippen LogP contribution in [0.15, 0.2) is 0 Å². The van der Waals surface area contributed by atoms with Crippen molar-refractivity contribution in [3.63, 3.8) is 0 Å².